The number of benzene rings is 2. The van der Waals surface area contributed by atoms with Gasteiger partial charge in [-0.2, -0.15) is 0 Å². The minimum absolute atomic E-state index is 0.00505. The molecule has 1 N–H and O–H groups in total. The molecule has 1 aliphatic rings. The zero-order chi connectivity index (χ0) is 14.8. The molecule has 2 aromatic carbocycles. The molecule has 21 heavy (non-hydrogen) atoms. The Hall–Kier alpha value is -1.88. The largest absolute Gasteiger partial charge is 0.489 e. The smallest absolute Gasteiger partial charge is 0.171 e. The molecule has 3 nitrogen and oxygen atoms in total. The minimum Gasteiger partial charge on any atom is -0.489 e. The molecule has 0 radical (unpaired) electrons. The van der Waals surface area contributed by atoms with Gasteiger partial charge in [-0.25, -0.2) is 4.39 Å². The highest BCUT2D eigenvalue weighted by Gasteiger charge is 2.20. The number of hydrogen-bond acceptors (Lipinski definition) is 3. The van der Waals surface area contributed by atoms with E-state index in [0.29, 0.717) is 30.0 Å². The molecule has 1 aliphatic heterocycles. The number of anilines is 1. The van der Waals surface area contributed by atoms with Gasteiger partial charge in [0.1, 0.15) is 12.4 Å². The molecule has 5 heteroatoms. The lowest BCUT2D eigenvalue weighted by Crippen LogP contribution is -2.20. The second kappa shape index (κ2) is 5.85. The van der Waals surface area contributed by atoms with Crippen molar-refractivity contribution in [2.24, 2.45) is 0 Å². The first-order valence-corrected chi connectivity index (χ1v) is 7.41. The predicted octanol–water partition coefficient (Wildman–Crippen LogP) is 3.82. The van der Waals surface area contributed by atoms with Crippen LogP contribution in [0.15, 0.2) is 40.9 Å². The zero-order valence-corrected chi connectivity index (χ0v) is 12.7. The fourth-order valence-corrected chi connectivity index (χ4v) is 2.75. The van der Waals surface area contributed by atoms with Gasteiger partial charge in [-0.15, -0.1) is 0 Å². The van der Waals surface area contributed by atoms with Crippen molar-refractivity contribution in [2.45, 2.75) is 6.42 Å². The lowest BCUT2D eigenvalue weighted by atomic mass is 10.0. The first kappa shape index (κ1) is 14.1. The third kappa shape index (κ3) is 2.93. The molecule has 0 spiro atoms. The Kier molecular flexibility index (Phi) is 3.92. The van der Waals surface area contributed by atoms with Gasteiger partial charge in [-0.1, -0.05) is 22.0 Å². The average molecular weight is 350 g/mol. The van der Waals surface area contributed by atoms with Crippen molar-refractivity contribution in [3.63, 3.8) is 0 Å². The Morgan fingerprint density at radius 1 is 1.33 bits per heavy atom. The number of ketones is 1. The molecular weight excluding hydrogens is 337 g/mol. The molecular formula is C16H13BrFNO2. The molecule has 0 unspecified atom stereocenters. The van der Waals surface area contributed by atoms with E-state index in [1.807, 2.05) is 6.07 Å². The molecule has 0 fully saturated rings. The maximum absolute atomic E-state index is 13.8. The summed E-state index contributed by atoms with van der Waals surface area (Å²) in [7, 11) is 0. The molecule has 0 aromatic heterocycles. The van der Waals surface area contributed by atoms with Crippen LogP contribution in [0.2, 0.25) is 0 Å². The molecule has 0 aliphatic carbocycles. The van der Waals surface area contributed by atoms with E-state index >= 15 is 0 Å². The fourth-order valence-electron chi connectivity index (χ4n) is 2.34. The third-order valence-electron chi connectivity index (χ3n) is 3.34. The number of para-hydroxylation sites is 1. The van der Waals surface area contributed by atoms with Crippen LogP contribution in [0.3, 0.4) is 0 Å². The number of carbonyl (C=O) groups excluding carboxylic acids is 1. The number of carbonyl (C=O) groups is 1. The van der Waals surface area contributed by atoms with Crippen LogP contribution >= 0.6 is 15.9 Å². The van der Waals surface area contributed by atoms with Gasteiger partial charge in [0.05, 0.1) is 11.3 Å². The van der Waals surface area contributed by atoms with Crippen LogP contribution in [-0.2, 0) is 6.42 Å². The van der Waals surface area contributed by atoms with Crippen molar-refractivity contribution in [1.82, 2.24) is 0 Å². The normalized spacial score (nSPS) is 13.0. The van der Waals surface area contributed by atoms with Crippen molar-refractivity contribution in [3.05, 3.63) is 57.8 Å². The van der Waals surface area contributed by atoms with Crippen LogP contribution in [0.4, 0.5) is 10.1 Å². The second-order valence-electron chi connectivity index (χ2n) is 4.79. The highest BCUT2D eigenvalue weighted by molar-refractivity contribution is 9.10. The summed E-state index contributed by atoms with van der Waals surface area (Å²) in [5.74, 6) is 0.0205. The highest BCUT2D eigenvalue weighted by atomic mass is 79.9. The number of fused-ring (bicyclic) bond motifs is 1. The Balaban J connectivity index is 1.91. The van der Waals surface area contributed by atoms with Crippen LogP contribution < -0.4 is 10.1 Å². The molecule has 3 rings (SSSR count). The quantitative estimate of drug-likeness (QED) is 0.856. The topological polar surface area (TPSA) is 38.3 Å². The second-order valence-corrected chi connectivity index (χ2v) is 5.71. The van der Waals surface area contributed by atoms with Gasteiger partial charge in [0.15, 0.2) is 11.5 Å². The van der Waals surface area contributed by atoms with Crippen molar-refractivity contribution in [2.75, 3.05) is 18.5 Å². The maximum Gasteiger partial charge on any atom is 0.171 e. The molecule has 0 bridgehead atoms. The van der Waals surface area contributed by atoms with Crippen LogP contribution in [-0.4, -0.2) is 18.9 Å². The Bertz CT molecular complexity index is 703. The van der Waals surface area contributed by atoms with Crippen LogP contribution in [0.5, 0.6) is 5.75 Å². The third-order valence-corrected chi connectivity index (χ3v) is 3.83. The van der Waals surface area contributed by atoms with Crippen LogP contribution in [0.1, 0.15) is 15.9 Å². The number of nitrogens with one attached hydrogen (secondary N) is 1. The van der Waals surface area contributed by atoms with E-state index in [1.165, 1.54) is 6.07 Å². The molecule has 1 heterocycles. The summed E-state index contributed by atoms with van der Waals surface area (Å²) in [4.78, 5) is 12.5. The van der Waals surface area contributed by atoms with Gasteiger partial charge in [-0.3, -0.25) is 4.79 Å². The summed E-state index contributed by atoms with van der Waals surface area (Å²) < 4.78 is 20.1. The van der Waals surface area contributed by atoms with E-state index < -0.39 is 0 Å². The number of hydrogen-bond donors (Lipinski definition) is 1. The van der Waals surface area contributed by atoms with Crippen molar-refractivity contribution >= 4 is 27.4 Å². The molecule has 0 saturated heterocycles. The molecule has 0 amide bonds. The predicted molar refractivity (Wildman–Crippen MR) is 82.6 cm³/mol. The van der Waals surface area contributed by atoms with Gasteiger partial charge < -0.3 is 10.1 Å². The van der Waals surface area contributed by atoms with Gasteiger partial charge in [-0.05, 0) is 35.9 Å². The Labute approximate surface area is 130 Å². The highest BCUT2D eigenvalue weighted by Crippen LogP contribution is 2.32. The van der Waals surface area contributed by atoms with E-state index in [0.717, 1.165) is 10.2 Å². The number of Topliss-reactive ketones (excluding diaryl/α,β-unsaturated/α-hetero) is 1. The number of halogens is 2. The van der Waals surface area contributed by atoms with Crippen molar-refractivity contribution in [1.29, 1.82) is 0 Å². The van der Waals surface area contributed by atoms with Gasteiger partial charge in [0.2, 0.25) is 0 Å². The summed E-state index contributed by atoms with van der Waals surface area (Å²) in [6.45, 7) is 1.23. The standard InChI is InChI=1S/C16H13BrFNO2/c17-11-4-5-13(18)10(8-11)9-15(20)12-2-1-3-14-16(12)21-7-6-19-14/h1-5,8,19H,6-7,9H2. The average Bonchev–Trinajstić information content (AvgIpc) is 2.50. The van der Waals surface area contributed by atoms with Gasteiger partial charge in [0, 0.05) is 17.4 Å². The fraction of sp³-hybridized carbons (Fsp3) is 0.188. The van der Waals surface area contributed by atoms with Crippen LogP contribution in [0.25, 0.3) is 0 Å². The van der Waals surface area contributed by atoms with Crippen molar-refractivity contribution in [3.8, 4) is 5.75 Å². The first-order chi connectivity index (χ1) is 10.1. The van der Waals surface area contributed by atoms with E-state index in [4.69, 9.17) is 4.74 Å². The van der Waals surface area contributed by atoms with E-state index in [9.17, 15) is 9.18 Å². The first-order valence-electron chi connectivity index (χ1n) is 6.62. The minimum atomic E-state index is -0.379. The summed E-state index contributed by atoms with van der Waals surface area (Å²) in [5, 5.41) is 3.18. The molecule has 0 saturated carbocycles. The number of rotatable bonds is 3. The molecule has 108 valence electrons. The Morgan fingerprint density at radius 2 is 2.19 bits per heavy atom. The number of ether oxygens (including phenoxy) is 1. The summed E-state index contributed by atoms with van der Waals surface area (Å²) in [6.07, 6.45) is 0.00505. The van der Waals surface area contributed by atoms with Crippen molar-refractivity contribution < 1.29 is 13.9 Å². The maximum atomic E-state index is 13.8. The molecule has 0 atom stereocenters. The van der Waals surface area contributed by atoms with E-state index in [-0.39, 0.29) is 18.0 Å². The Morgan fingerprint density at radius 3 is 3.05 bits per heavy atom. The monoisotopic (exact) mass is 349 g/mol. The van der Waals surface area contributed by atoms with Gasteiger partial charge in [0.25, 0.3) is 0 Å². The lowest BCUT2D eigenvalue weighted by molar-refractivity contribution is 0.0988. The van der Waals surface area contributed by atoms with E-state index in [2.05, 4.69) is 21.2 Å². The van der Waals surface area contributed by atoms with Crippen LogP contribution in [0, 0.1) is 5.82 Å². The lowest BCUT2D eigenvalue weighted by Gasteiger charge is -2.21. The summed E-state index contributed by atoms with van der Waals surface area (Å²) >= 11 is 3.29. The summed E-state index contributed by atoms with van der Waals surface area (Å²) in [5.41, 5.74) is 1.66. The van der Waals surface area contributed by atoms with E-state index in [1.54, 1.807) is 24.3 Å². The summed E-state index contributed by atoms with van der Waals surface area (Å²) in [6, 6.07) is 9.97. The van der Waals surface area contributed by atoms with Gasteiger partial charge >= 0.3 is 0 Å². The molecule has 2 aromatic rings. The zero-order valence-electron chi connectivity index (χ0n) is 11.2. The SMILES string of the molecule is O=C(Cc1cc(Br)ccc1F)c1cccc2c1OCCN2.